The molecule has 0 saturated heterocycles. The van der Waals surface area contributed by atoms with Gasteiger partial charge < -0.3 is 38.1 Å². The molecule has 139 heavy (non-hydrogen) atoms. The molecule has 7 fully saturated rings. The molecule has 21 rings (SSSR count). The number of pyridine rings is 3. The fourth-order valence-electron chi connectivity index (χ4n) is 16.9. The second-order valence-electron chi connectivity index (χ2n) is 46.3. The molecule has 15 nitrogen and oxygen atoms in total. The van der Waals surface area contributed by atoms with Crippen LogP contribution in [0.1, 0.15) is 274 Å². The summed E-state index contributed by atoms with van der Waals surface area (Å²) >= 11 is 0. The molecular weight excluding hydrogens is 1760 g/mol. The molecule has 7 saturated carbocycles. The quantitative estimate of drug-likeness (QED) is 0.0674. The highest BCUT2D eigenvalue weighted by atomic mass is 19.2. The summed E-state index contributed by atoms with van der Waals surface area (Å²) < 4.78 is 138. The Morgan fingerprint density at radius 2 is 0.568 bits per heavy atom. The lowest BCUT2D eigenvalue weighted by Crippen LogP contribution is -2.15. The van der Waals surface area contributed by atoms with E-state index >= 15 is 0 Å². The number of nitrogens with zero attached hydrogens (tertiary/aromatic N) is 7. The second-order valence-corrected chi connectivity index (χ2v) is 46.3. The van der Waals surface area contributed by atoms with Gasteiger partial charge >= 0.3 is 0 Å². The van der Waals surface area contributed by atoms with Crippen LogP contribution < -0.4 is 33.2 Å². The average molecular weight is 1900 g/mol. The van der Waals surface area contributed by atoms with E-state index in [0.717, 1.165) is 81.9 Å². The van der Waals surface area contributed by atoms with Gasteiger partial charge in [-0.2, -0.15) is 15.3 Å². The minimum atomic E-state index is -0.362. The van der Waals surface area contributed by atoms with E-state index in [0.29, 0.717) is 139 Å². The van der Waals surface area contributed by atoms with Crippen LogP contribution in [0.5, 0.6) is 40.2 Å². The monoisotopic (exact) mass is 1900 g/mol. The summed E-state index contributed by atoms with van der Waals surface area (Å²) in [5.41, 5.74) is 9.29. The largest absolute Gasteiger partial charge is 0.490 e. The zero-order valence-electron chi connectivity index (χ0n) is 85.0. The van der Waals surface area contributed by atoms with Gasteiger partial charge in [-0.1, -0.05) is 176 Å². The number of fused-ring (bicyclic) bond motifs is 7. The number of aromatic nitrogens is 8. The van der Waals surface area contributed by atoms with Crippen LogP contribution >= 0.6 is 0 Å². The third-order valence-electron chi connectivity index (χ3n) is 26.3. The molecule has 0 radical (unpaired) electrons. The van der Waals surface area contributed by atoms with Crippen LogP contribution in [0.4, 0.5) is 30.7 Å². The van der Waals surface area contributed by atoms with Crippen molar-refractivity contribution < 1.29 is 63.9 Å². The highest BCUT2D eigenvalue weighted by molar-refractivity contribution is 5.95. The molecule has 6 aromatic heterocycles. The molecular formula is C117H139F7N8O7. The fourth-order valence-corrected chi connectivity index (χ4v) is 16.9. The summed E-state index contributed by atoms with van der Waals surface area (Å²) in [6.45, 7) is 49.0. The van der Waals surface area contributed by atoms with Crippen molar-refractivity contribution in [3.05, 3.63) is 239 Å². The van der Waals surface area contributed by atoms with Crippen LogP contribution in [-0.2, 0) is 37.9 Å². The Labute approximate surface area is 815 Å². The molecule has 0 atom stereocenters. The SMILES string of the molecule is CC(C)(C)c1c[nH]c2c(OCC3CC3)c(F)ccc12.CC(C)(C)c1cccc2c(OCC3CC3)c(F)ccc12.CC(C)(C)c1ccnc2c(OCC3CC3)c(F)ccc12.CC(C)(C)c1cncc2c(OCC3CC3)c(F)ccc12.CC(C)(C)c1cnnc2c(OCC3CC3)c(F)ccc12.CC(C)(C)c1nccc2c(OCC3CC3)c(F)ccc12.CC(C)(C)c1nncc2c(OCC3CC3)c(F)ccc12. The van der Waals surface area contributed by atoms with Gasteiger partial charge in [-0.3, -0.25) is 15.0 Å². The summed E-state index contributed by atoms with van der Waals surface area (Å²) in [5, 5.41) is 26.5. The summed E-state index contributed by atoms with van der Waals surface area (Å²) in [5.74, 6) is 4.44. The van der Waals surface area contributed by atoms with E-state index in [1.807, 2.05) is 67.0 Å². The van der Waals surface area contributed by atoms with Crippen LogP contribution in [0, 0.1) is 82.1 Å². The number of nitrogens with one attached hydrogen (secondary N) is 1. The molecule has 14 aromatic rings. The van der Waals surface area contributed by atoms with Crippen molar-refractivity contribution in [1.82, 2.24) is 40.3 Å². The van der Waals surface area contributed by atoms with Crippen molar-refractivity contribution in [3.63, 3.8) is 0 Å². The number of benzene rings is 8. The lowest BCUT2D eigenvalue weighted by atomic mass is 9.83. The molecule has 738 valence electrons. The normalized spacial score (nSPS) is 15.7. The van der Waals surface area contributed by atoms with E-state index in [9.17, 15) is 30.7 Å². The van der Waals surface area contributed by atoms with Gasteiger partial charge in [0.25, 0.3) is 0 Å². The smallest absolute Gasteiger partial charge is 0.183 e. The van der Waals surface area contributed by atoms with Crippen LogP contribution in [0.3, 0.4) is 0 Å². The van der Waals surface area contributed by atoms with E-state index < -0.39 is 0 Å². The van der Waals surface area contributed by atoms with Gasteiger partial charge in [0, 0.05) is 90.3 Å². The van der Waals surface area contributed by atoms with E-state index in [-0.39, 0.29) is 84.4 Å². The van der Waals surface area contributed by atoms with Gasteiger partial charge in [0.05, 0.1) is 75.5 Å². The van der Waals surface area contributed by atoms with Crippen molar-refractivity contribution in [1.29, 1.82) is 0 Å². The molecule has 7 aliphatic carbocycles. The standard InChI is InChI=1S/C18H21FO.3C17H20FNO.2C16H19FN2O.C16H20FNO/c1-18(2,3)15-6-4-5-14-13(15)9-10-16(19)17(14)20-11-12-7-8-12;1-17(2,3)14-9-19-8-13-12(14)6-7-15(18)16(13)20-10-11-4-5-11;1-17(2,3)16-13-6-7-14(18)15(12(13)8-9-19-16)20-10-11-4-5-11;1-17(2,3)13-8-9-19-15-12(13)6-7-14(18)16(15)20-10-11-4-5-11;1-16(2,3)15-11-6-7-13(17)14(12(11)8-18-19-15)20-9-10-4-5-10;1-16(2,3)12-8-18-19-14-11(12)6-7-13(17)15(14)20-9-10-4-5-10;1-16(2,3)12-8-18-14-11(12)6-7-13(17)15(14)19-9-10-4-5-10/h4-6,9-10,12H,7-8,11H2,1-3H3;3*6-9,11H,4-5,10H2,1-3H3;2*6-8,10H,4-5,9H2,1-3H3;6-8,10,18H,4-5,9H2,1-3H3. The third kappa shape index (κ3) is 26.1. The first kappa shape index (κ1) is 102. The topological polar surface area (TPSA) is 171 Å². The van der Waals surface area contributed by atoms with Crippen molar-refractivity contribution in [3.8, 4) is 40.2 Å². The number of aromatic amines is 1. The zero-order valence-corrected chi connectivity index (χ0v) is 85.0. The highest BCUT2D eigenvalue weighted by Gasteiger charge is 2.34. The summed E-state index contributed by atoms with van der Waals surface area (Å²) in [6, 6.07) is 33.0. The van der Waals surface area contributed by atoms with E-state index in [1.54, 1.807) is 43.1 Å². The Hall–Kier alpha value is -11.4. The van der Waals surface area contributed by atoms with Crippen LogP contribution in [-0.4, -0.2) is 86.6 Å². The Balaban J connectivity index is 0.000000123. The Morgan fingerprint density at radius 3 is 0.993 bits per heavy atom. The maximum Gasteiger partial charge on any atom is 0.183 e. The summed E-state index contributed by atoms with van der Waals surface area (Å²) in [7, 11) is 0. The molecule has 0 bridgehead atoms. The average Bonchev–Trinajstić information content (AvgIpc) is 1.45. The highest BCUT2D eigenvalue weighted by Crippen LogP contribution is 2.47. The second kappa shape index (κ2) is 41.8. The lowest BCUT2D eigenvalue weighted by molar-refractivity contribution is 0.288. The maximum atomic E-state index is 14.1. The molecule has 0 amide bonds. The molecule has 1 N–H and O–H groups in total. The van der Waals surface area contributed by atoms with Crippen molar-refractivity contribution >= 4 is 75.8 Å². The van der Waals surface area contributed by atoms with E-state index in [4.69, 9.17) is 33.2 Å². The number of rotatable bonds is 21. The Kier molecular flexibility index (Phi) is 30.7. The lowest BCUT2D eigenvalue weighted by Gasteiger charge is -2.22. The first-order valence-corrected chi connectivity index (χ1v) is 49.8. The van der Waals surface area contributed by atoms with Gasteiger partial charge in [-0.05, 0) is 282 Å². The number of hydrogen-bond acceptors (Lipinski definition) is 14. The predicted molar refractivity (Wildman–Crippen MR) is 545 cm³/mol. The van der Waals surface area contributed by atoms with E-state index in [1.165, 1.54) is 149 Å². The number of halogens is 7. The van der Waals surface area contributed by atoms with Crippen LogP contribution in [0.25, 0.3) is 75.8 Å². The summed E-state index contributed by atoms with van der Waals surface area (Å²) in [4.78, 5) is 16.3. The molecule has 22 heteroatoms. The first-order valence-electron chi connectivity index (χ1n) is 49.8. The number of ether oxygens (including phenoxy) is 7. The van der Waals surface area contributed by atoms with Crippen LogP contribution in [0.2, 0.25) is 0 Å². The predicted octanol–water partition coefficient (Wildman–Crippen LogP) is 30.5. The Bertz CT molecular complexity index is 5810. The molecule has 0 unspecified atom stereocenters. The van der Waals surface area contributed by atoms with Gasteiger partial charge in [0.1, 0.15) is 11.0 Å². The molecule has 8 aromatic carbocycles. The van der Waals surface area contributed by atoms with Gasteiger partial charge in [-0.15, -0.1) is 5.10 Å². The third-order valence-corrected chi connectivity index (χ3v) is 26.3. The van der Waals surface area contributed by atoms with Gasteiger partial charge in [-0.25, -0.2) is 30.7 Å². The van der Waals surface area contributed by atoms with Crippen molar-refractivity contribution in [2.24, 2.45) is 41.4 Å². The molecule has 7 aliphatic rings. The number of H-pyrrole nitrogens is 1. The molecule has 0 spiro atoms. The maximum absolute atomic E-state index is 14.1. The summed E-state index contributed by atoms with van der Waals surface area (Å²) in [6.07, 6.45) is 29.0. The Morgan fingerprint density at radius 1 is 0.252 bits per heavy atom. The van der Waals surface area contributed by atoms with Crippen molar-refractivity contribution in [2.45, 2.75) is 273 Å². The van der Waals surface area contributed by atoms with Gasteiger partial charge in [0.2, 0.25) is 0 Å². The van der Waals surface area contributed by atoms with Crippen LogP contribution in [0.15, 0.2) is 159 Å². The molecule has 0 aliphatic heterocycles. The number of hydrogen-bond donors (Lipinski definition) is 1. The van der Waals surface area contributed by atoms with Crippen molar-refractivity contribution in [2.75, 3.05) is 46.2 Å². The minimum absolute atomic E-state index is 0.00716. The zero-order chi connectivity index (χ0) is 99.6. The minimum Gasteiger partial charge on any atom is -0.490 e. The van der Waals surface area contributed by atoms with Gasteiger partial charge in [0.15, 0.2) is 81.0 Å². The van der Waals surface area contributed by atoms with E-state index in [2.05, 4.69) is 192 Å². The molecule has 6 heterocycles. The first-order chi connectivity index (χ1) is 65.8. The fraction of sp³-hybridized carbons (Fsp3) is 0.479.